The van der Waals surface area contributed by atoms with Gasteiger partial charge >= 0.3 is 5.69 Å². The minimum absolute atomic E-state index is 0.0175. The first-order valence-corrected chi connectivity index (χ1v) is 11.2. The van der Waals surface area contributed by atoms with Crippen LogP contribution in [0.4, 0.5) is 0 Å². The Bertz CT molecular complexity index is 1490. The van der Waals surface area contributed by atoms with E-state index in [9.17, 15) is 19.5 Å². The van der Waals surface area contributed by atoms with Crippen LogP contribution in [0.5, 0.6) is 0 Å². The molecule has 1 fully saturated rings. The lowest BCUT2D eigenvalue weighted by atomic mass is 10.1. The molecule has 0 saturated carbocycles. The number of rotatable bonds is 5. The minimum Gasteiger partial charge on any atom is -0.389 e. The highest BCUT2D eigenvalue weighted by Gasteiger charge is 2.35. The molecule has 1 aliphatic heterocycles. The highest BCUT2D eigenvalue weighted by atomic mass is 16.3. The number of carbonyl (C=O) groups excluding carboxylic acids is 2. The van der Waals surface area contributed by atoms with Gasteiger partial charge in [-0.1, -0.05) is 6.07 Å². The maximum atomic E-state index is 12.9. The lowest BCUT2D eigenvalue weighted by Crippen LogP contribution is -2.29. The fourth-order valence-corrected chi connectivity index (χ4v) is 4.97. The molecule has 0 radical (unpaired) electrons. The number of aromatic nitrogens is 3. The van der Waals surface area contributed by atoms with Crippen LogP contribution in [0.2, 0.25) is 0 Å². The standard InChI is InChI=1S/C25H27N5O4/c1-27-19-6-3-15(11-20(19)28(2)25(27)34)4-8-23(32)29-13-21(22(31)14-29)30-10-9-16-12-17(24(26)33)5-7-18(16)30/h3,5-7,9-12,21-22,31H,4,8,13-14H2,1-2H3,(H2,26,33)/t21-,22-/m1/s1. The molecule has 4 aromatic rings. The molecule has 2 atom stereocenters. The number of aliphatic hydroxyl groups excluding tert-OH is 1. The zero-order chi connectivity index (χ0) is 24.1. The van der Waals surface area contributed by atoms with Gasteiger partial charge in [-0.2, -0.15) is 0 Å². The van der Waals surface area contributed by atoms with E-state index in [4.69, 9.17) is 5.73 Å². The van der Waals surface area contributed by atoms with Gasteiger partial charge in [0.2, 0.25) is 11.8 Å². The number of nitrogens with two attached hydrogens (primary N) is 1. The van der Waals surface area contributed by atoms with Crippen molar-refractivity contribution in [1.82, 2.24) is 18.6 Å². The van der Waals surface area contributed by atoms with E-state index in [1.54, 1.807) is 40.3 Å². The van der Waals surface area contributed by atoms with Gasteiger partial charge in [0.25, 0.3) is 0 Å². The van der Waals surface area contributed by atoms with Crippen molar-refractivity contribution in [2.24, 2.45) is 19.8 Å². The molecule has 0 aliphatic carbocycles. The number of aryl methyl sites for hydroxylation is 3. The first-order valence-electron chi connectivity index (χ1n) is 11.2. The number of carbonyl (C=O) groups is 2. The van der Waals surface area contributed by atoms with Crippen molar-refractivity contribution in [3.05, 3.63) is 70.3 Å². The van der Waals surface area contributed by atoms with Crippen LogP contribution in [-0.4, -0.2) is 54.7 Å². The van der Waals surface area contributed by atoms with E-state index in [1.807, 2.05) is 41.1 Å². The van der Waals surface area contributed by atoms with Gasteiger partial charge < -0.3 is 20.3 Å². The normalized spacial score (nSPS) is 18.3. The fourth-order valence-electron chi connectivity index (χ4n) is 4.97. The smallest absolute Gasteiger partial charge is 0.328 e. The van der Waals surface area contributed by atoms with Gasteiger partial charge in [0.05, 0.1) is 23.2 Å². The predicted molar refractivity (Wildman–Crippen MR) is 129 cm³/mol. The van der Waals surface area contributed by atoms with Crippen LogP contribution < -0.4 is 11.4 Å². The summed E-state index contributed by atoms with van der Waals surface area (Å²) in [5.74, 6) is -0.503. The molecule has 3 heterocycles. The lowest BCUT2D eigenvalue weighted by Gasteiger charge is -2.18. The van der Waals surface area contributed by atoms with Crippen molar-refractivity contribution in [3.8, 4) is 0 Å². The van der Waals surface area contributed by atoms with Gasteiger partial charge in [0.1, 0.15) is 0 Å². The first-order chi connectivity index (χ1) is 16.2. The van der Waals surface area contributed by atoms with Crippen molar-refractivity contribution >= 4 is 33.8 Å². The number of amides is 2. The lowest BCUT2D eigenvalue weighted by molar-refractivity contribution is -0.130. The molecule has 5 rings (SSSR count). The Labute approximate surface area is 195 Å². The third-order valence-electron chi connectivity index (χ3n) is 6.94. The van der Waals surface area contributed by atoms with E-state index < -0.39 is 12.0 Å². The molecule has 1 saturated heterocycles. The summed E-state index contributed by atoms with van der Waals surface area (Å²) in [4.78, 5) is 38.2. The maximum absolute atomic E-state index is 12.9. The summed E-state index contributed by atoms with van der Waals surface area (Å²) in [7, 11) is 3.48. The molecule has 2 amide bonds. The van der Waals surface area contributed by atoms with Crippen molar-refractivity contribution in [3.63, 3.8) is 0 Å². The number of primary amides is 1. The predicted octanol–water partition coefficient (Wildman–Crippen LogP) is 1.31. The molecule has 0 unspecified atom stereocenters. The molecule has 0 spiro atoms. The van der Waals surface area contributed by atoms with Gasteiger partial charge in [0, 0.05) is 56.3 Å². The molecule has 34 heavy (non-hydrogen) atoms. The van der Waals surface area contributed by atoms with Crippen molar-refractivity contribution in [2.75, 3.05) is 13.1 Å². The van der Waals surface area contributed by atoms with Crippen molar-refractivity contribution < 1.29 is 14.7 Å². The Kier molecular flexibility index (Phi) is 5.28. The summed E-state index contributed by atoms with van der Waals surface area (Å²) in [6.07, 6.45) is 2.05. The van der Waals surface area contributed by atoms with Crippen LogP contribution in [0.15, 0.2) is 53.5 Å². The molecule has 9 heteroatoms. The quantitative estimate of drug-likeness (QED) is 0.466. The number of fused-ring (bicyclic) bond motifs is 2. The molecular formula is C25H27N5O4. The van der Waals surface area contributed by atoms with Gasteiger partial charge in [0.15, 0.2) is 0 Å². The number of benzene rings is 2. The molecule has 3 N–H and O–H groups in total. The monoisotopic (exact) mass is 461 g/mol. The third kappa shape index (κ3) is 3.58. The Morgan fingerprint density at radius 3 is 2.50 bits per heavy atom. The van der Waals surface area contributed by atoms with E-state index in [-0.39, 0.29) is 24.2 Å². The van der Waals surface area contributed by atoms with Crippen LogP contribution in [-0.2, 0) is 25.3 Å². The first kappa shape index (κ1) is 22.0. The van der Waals surface area contributed by atoms with Crippen molar-refractivity contribution in [1.29, 1.82) is 0 Å². The molecule has 0 bridgehead atoms. The largest absolute Gasteiger partial charge is 0.389 e. The van der Waals surface area contributed by atoms with E-state index in [0.29, 0.717) is 24.9 Å². The Hall–Kier alpha value is -3.85. The summed E-state index contributed by atoms with van der Waals surface area (Å²) >= 11 is 0. The second kappa shape index (κ2) is 8.18. The summed E-state index contributed by atoms with van der Waals surface area (Å²) in [6.45, 7) is 0.683. The zero-order valence-electron chi connectivity index (χ0n) is 19.1. The Morgan fingerprint density at radius 1 is 1.00 bits per heavy atom. The van der Waals surface area contributed by atoms with Crippen LogP contribution >= 0.6 is 0 Å². The number of β-amino-alcohol motifs (C(OH)–C–C–N with tert-alkyl or cyclic N) is 1. The molecule has 9 nitrogen and oxygen atoms in total. The van der Waals surface area contributed by atoms with Gasteiger partial charge in [-0.15, -0.1) is 0 Å². The van der Waals surface area contributed by atoms with E-state index in [1.165, 1.54) is 0 Å². The Balaban J connectivity index is 1.29. The number of imidazole rings is 1. The zero-order valence-corrected chi connectivity index (χ0v) is 19.1. The maximum Gasteiger partial charge on any atom is 0.328 e. The van der Waals surface area contributed by atoms with E-state index >= 15 is 0 Å². The molecule has 176 valence electrons. The average molecular weight is 462 g/mol. The van der Waals surface area contributed by atoms with Crippen LogP contribution in [0.3, 0.4) is 0 Å². The molecular weight excluding hydrogens is 434 g/mol. The third-order valence-corrected chi connectivity index (χ3v) is 6.94. The van der Waals surface area contributed by atoms with Crippen molar-refractivity contribution in [2.45, 2.75) is 25.0 Å². The van der Waals surface area contributed by atoms with Crippen LogP contribution in [0, 0.1) is 0 Å². The Morgan fingerprint density at radius 2 is 1.74 bits per heavy atom. The number of nitrogens with zero attached hydrogens (tertiary/aromatic N) is 4. The van der Waals surface area contributed by atoms with Gasteiger partial charge in [-0.05, 0) is 48.4 Å². The minimum atomic E-state index is -0.689. The fraction of sp³-hybridized carbons (Fsp3) is 0.320. The number of aliphatic hydroxyl groups is 1. The van der Waals surface area contributed by atoms with Gasteiger partial charge in [-0.3, -0.25) is 18.7 Å². The molecule has 2 aromatic carbocycles. The number of hydrogen-bond acceptors (Lipinski definition) is 4. The van der Waals surface area contributed by atoms with E-state index in [0.717, 1.165) is 27.5 Å². The number of hydrogen-bond donors (Lipinski definition) is 2. The number of likely N-dealkylation sites (tertiary alicyclic amines) is 1. The van der Waals surface area contributed by atoms with Gasteiger partial charge in [-0.25, -0.2) is 4.79 Å². The molecule has 2 aromatic heterocycles. The summed E-state index contributed by atoms with van der Waals surface area (Å²) < 4.78 is 5.17. The average Bonchev–Trinajstić information content (AvgIpc) is 3.48. The second-order valence-electron chi connectivity index (χ2n) is 9.02. The highest BCUT2D eigenvalue weighted by Crippen LogP contribution is 2.29. The molecule has 1 aliphatic rings. The second-order valence-corrected chi connectivity index (χ2v) is 9.02. The highest BCUT2D eigenvalue weighted by molar-refractivity contribution is 5.97. The summed E-state index contributed by atoms with van der Waals surface area (Å²) in [6, 6.07) is 12.7. The van der Waals surface area contributed by atoms with Crippen LogP contribution in [0.25, 0.3) is 21.9 Å². The van der Waals surface area contributed by atoms with Crippen LogP contribution in [0.1, 0.15) is 28.4 Å². The van der Waals surface area contributed by atoms with E-state index in [2.05, 4.69) is 0 Å². The topological polar surface area (TPSA) is 115 Å². The summed E-state index contributed by atoms with van der Waals surface area (Å²) in [5, 5.41) is 11.6. The SMILES string of the molecule is Cn1c(=O)n(C)c2cc(CCC(=O)N3C[C@@H](O)[C@H](n4ccc5cc(C(N)=O)ccc54)C3)ccc21. The summed E-state index contributed by atoms with van der Waals surface area (Å²) in [5.41, 5.74) is 9.29.